The average Bonchev–Trinajstić information content (AvgIpc) is 2.77. The number of nitrogens with one attached hydrogen (secondary N) is 2. The Balaban J connectivity index is 1.72. The van der Waals surface area contributed by atoms with E-state index in [0.29, 0.717) is 24.3 Å². The Bertz CT molecular complexity index is 1080. The number of carbonyl (C=O) groups excluding carboxylic acids is 1. The van der Waals surface area contributed by atoms with Crippen molar-refractivity contribution in [3.05, 3.63) is 39.9 Å². The van der Waals surface area contributed by atoms with Gasteiger partial charge < -0.3 is 10.3 Å². The minimum atomic E-state index is -2.55. The van der Waals surface area contributed by atoms with Crippen molar-refractivity contribution in [2.45, 2.75) is 77.6 Å². The van der Waals surface area contributed by atoms with Crippen LogP contribution in [0.4, 0.5) is 8.78 Å². The Hall–Kier alpha value is -2.31. The van der Waals surface area contributed by atoms with Crippen molar-refractivity contribution < 1.29 is 13.6 Å². The summed E-state index contributed by atoms with van der Waals surface area (Å²) in [7, 11) is 1.51. The van der Waals surface area contributed by atoms with Crippen LogP contribution in [0.25, 0.3) is 10.9 Å². The Morgan fingerprint density at radius 2 is 1.88 bits per heavy atom. The number of hydrogen-bond acceptors (Lipinski definition) is 3. The van der Waals surface area contributed by atoms with Gasteiger partial charge in [-0.1, -0.05) is 20.8 Å². The summed E-state index contributed by atoms with van der Waals surface area (Å²) in [5.74, 6) is -1.81. The molecule has 5 nitrogen and oxygen atoms in total. The highest BCUT2D eigenvalue weighted by Gasteiger charge is 2.44. The van der Waals surface area contributed by atoms with Gasteiger partial charge in [-0.05, 0) is 61.3 Å². The zero-order chi connectivity index (χ0) is 24.0. The lowest BCUT2D eigenvalue weighted by molar-refractivity contribution is -0.0594. The molecule has 0 aromatic carbocycles. The molecule has 2 unspecified atom stereocenters. The van der Waals surface area contributed by atoms with Gasteiger partial charge in [0.15, 0.2) is 5.43 Å². The molecule has 2 aromatic heterocycles. The number of hydrogen-bond donors (Lipinski definition) is 2. The molecule has 2 heterocycles. The van der Waals surface area contributed by atoms with Crippen LogP contribution in [-0.4, -0.2) is 28.8 Å². The molecular formula is C26H35F2N3O2. The largest absolute Gasteiger partial charge is 0.358 e. The smallest absolute Gasteiger partial charge is 0.270 e. The van der Waals surface area contributed by atoms with Crippen LogP contribution in [0.5, 0.6) is 0 Å². The van der Waals surface area contributed by atoms with Gasteiger partial charge >= 0.3 is 0 Å². The van der Waals surface area contributed by atoms with Crippen LogP contribution >= 0.6 is 0 Å². The molecule has 2 fully saturated rings. The number of amides is 1. The minimum absolute atomic E-state index is 0.0452. The van der Waals surface area contributed by atoms with E-state index < -0.39 is 11.8 Å². The lowest BCUT2D eigenvalue weighted by Gasteiger charge is -2.46. The standard InChI is InChI=1S/C26H35F2N3O2/c1-25(2,3)16-5-6-17(18(13-16)15-7-10-26(27,28)11-8-15)20-14-21(32)22-19(31-20)9-12-30-23(22)24(33)29-4/h9,12,14-18H,5-8,10-11,13H2,1-4H3,(H,29,33)(H,31,32)/t16?,17-,18?/m0/s1. The fraction of sp³-hybridized carbons (Fsp3) is 0.654. The van der Waals surface area contributed by atoms with Gasteiger partial charge in [0.2, 0.25) is 5.92 Å². The maximum atomic E-state index is 13.9. The molecule has 2 aromatic rings. The molecule has 4 rings (SSSR count). The molecule has 2 aliphatic rings. The van der Waals surface area contributed by atoms with E-state index in [-0.39, 0.29) is 52.5 Å². The summed E-state index contributed by atoms with van der Waals surface area (Å²) in [4.78, 5) is 32.9. The maximum Gasteiger partial charge on any atom is 0.270 e. The van der Waals surface area contributed by atoms with E-state index in [1.807, 2.05) is 0 Å². The normalized spacial score (nSPS) is 26.3. The van der Waals surface area contributed by atoms with E-state index >= 15 is 0 Å². The predicted octanol–water partition coefficient (Wildman–Crippen LogP) is 5.65. The summed E-state index contributed by atoms with van der Waals surface area (Å²) in [5, 5.41) is 2.83. The van der Waals surface area contributed by atoms with Crippen molar-refractivity contribution in [1.82, 2.24) is 15.3 Å². The molecule has 0 radical (unpaired) electrons. The van der Waals surface area contributed by atoms with Crippen LogP contribution in [0.15, 0.2) is 23.1 Å². The Morgan fingerprint density at radius 1 is 1.18 bits per heavy atom. The lowest BCUT2D eigenvalue weighted by atomic mass is 9.60. The van der Waals surface area contributed by atoms with Crippen LogP contribution in [0.1, 0.15) is 87.8 Å². The minimum Gasteiger partial charge on any atom is -0.358 e. The van der Waals surface area contributed by atoms with Gasteiger partial charge in [0.05, 0.1) is 10.9 Å². The Labute approximate surface area is 193 Å². The fourth-order valence-electron chi connectivity index (χ4n) is 6.10. The van der Waals surface area contributed by atoms with Gasteiger partial charge in [0.1, 0.15) is 5.69 Å². The Morgan fingerprint density at radius 3 is 2.52 bits per heavy atom. The summed E-state index contributed by atoms with van der Waals surface area (Å²) in [6.45, 7) is 6.78. The first kappa shape index (κ1) is 23.8. The number of rotatable bonds is 3. The summed E-state index contributed by atoms with van der Waals surface area (Å²) in [5.41, 5.74) is 1.50. The molecule has 7 heteroatoms. The molecule has 180 valence electrons. The number of alkyl halides is 2. The van der Waals surface area contributed by atoms with E-state index in [1.165, 1.54) is 13.2 Å². The second-order valence-electron chi connectivity index (χ2n) is 11.1. The van der Waals surface area contributed by atoms with Crippen molar-refractivity contribution in [2.75, 3.05) is 7.05 Å². The number of H-pyrrole nitrogens is 1. The lowest BCUT2D eigenvalue weighted by Crippen LogP contribution is -2.38. The van der Waals surface area contributed by atoms with E-state index in [0.717, 1.165) is 25.0 Å². The van der Waals surface area contributed by atoms with Crippen LogP contribution in [0, 0.1) is 23.2 Å². The van der Waals surface area contributed by atoms with E-state index in [9.17, 15) is 18.4 Å². The second-order valence-corrected chi connectivity index (χ2v) is 11.1. The third-order valence-corrected chi connectivity index (χ3v) is 8.10. The summed E-state index contributed by atoms with van der Waals surface area (Å²) >= 11 is 0. The first-order valence-electron chi connectivity index (χ1n) is 12.1. The van der Waals surface area contributed by atoms with Crippen molar-refractivity contribution in [3.63, 3.8) is 0 Å². The fourth-order valence-corrected chi connectivity index (χ4v) is 6.10. The monoisotopic (exact) mass is 459 g/mol. The average molecular weight is 460 g/mol. The molecule has 2 N–H and O–H groups in total. The topological polar surface area (TPSA) is 74.8 Å². The van der Waals surface area contributed by atoms with Gasteiger partial charge in [-0.2, -0.15) is 0 Å². The van der Waals surface area contributed by atoms with Crippen molar-refractivity contribution >= 4 is 16.8 Å². The third kappa shape index (κ3) is 4.82. The van der Waals surface area contributed by atoms with Gasteiger partial charge in [-0.3, -0.25) is 14.6 Å². The SMILES string of the molecule is CNC(=O)c1nccc2[nH]c([C@H]3CCC(C(C)(C)C)CC3C3CCC(F)(F)CC3)cc(=O)c12. The van der Waals surface area contributed by atoms with Crippen LogP contribution < -0.4 is 10.7 Å². The molecule has 2 saturated carbocycles. The molecule has 0 bridgehead atoms. The van der Waals surface area contributed by atoms with E-state index in [2.05, 4.69) is 36.1 Å². The van der Waals surface area contributed by atoms with Crippen LogP contribution in [0.3, 0.4) is 0 Å². The quantitative estimate of drug-likeness (QED) is 0.622. The Kier molecular flexibility index (Phi) is 6.36. The first-order valence-corrected chi connectivity index (χ1v) is 12.1. The van der Waals surface area contributed by atoms with E-state index in [4.69, 9.17) is 0 Å². The number of fused-ring (bicyclic) bond motifs is 1. The zero-order valence-corrected chi connectivity index (χ0v) is 20.0. The van der Waals surface area contributed by atoms with E-state index in [1.54, 1.807) is 12.1 Å². The second kappa shape index (κ2) is 8.80. The first-order chi connectivity index (χ1) is 15.5. The van der Waals surface area contributed by atoms with Crippen LogP contribution in [0.2, 0.25) is 0 Å². The molecule has 0 spiro atoms. The highest BCUT2D eigenvalue weighted by atomic mass is 19.3. The summed E-state index contributed by atoms with van der Waals surface area (Å²) in [6, 6.07) is 3.34. The highest BCUT2D eigenvalue weighted by molar-refractivity contribution is 6.04. The maximum absolute atomic E-state index is 13.9. The molecule has 1 amide bonds. The van der Waals surface area contributed by atoms with Crippen molar-refractivity contribution in [3.8, 4) is 0 Å². The van der Waals surface area contributed by atoms with Gasteiger partial charge in [-0.25, -0.2) is 8.78 Å². The molecule has 0 saturated heterocycles. The number of pyridine rings is 2. The summed E-state index contributed by atoms with van der Waals surface area (Å²) in [6.07, 6.45) is 5.48. The summed E-state index contributed by atoms with van der Waals surface area (Å²) < 4.78 is 27.8. The molecular weight excluding hydrogens is 424 g/mol. The predicted molar refractivity (Wildman–Crippen MR) is 126 cm³/mol. The zero-order valence-electron chi connectivity index (χ0n) is 20.0. The molecule has 2 aliphatic carbocycles. The van der Waals surface area contributed by atoms with Gasteiger partial charge in [-0.15, -0.1) is 0 Å². The van der Waals surface area contributed by atoms with Crippen molar-refractivity contribution in [2.24, 2.45) is 23.2 Å². The number of halogens is 2. The number of carbonyl (C=O) groups is 1. The highest BCUT2D eigenvalue weighted by Crippen LogP contribution is 2.52. The van der Waals surface area contributed by atoms with Gasteiger partial charge in [0, 0.05) is 43.8 Å². The number of aromatic amines is 1. The molecule has 3 atom stereocenters. The number of aromatic nitrogens is 2. The van der Waals surface area contributed by atoms with Crippen LogP contribution in [-0.2, 0) is 0 Å². The molecule has 0 aliphatic heterocycles. The van der Waals surface area contributed by atoms with Crippen molar-refractivity contribution in [1.29, 1.82) is 0 Å². The third-order valence-electron chi connectivity index (χ3n) is 8.10. The van der Waals surface area contributed by atoms with Gasteiger partial charge in [0.25, 0.3) is 5.91 Å². The number of nitrogens with zero attached hydrogens (tertiary/aromatic N) is 1. The molecule has 33 heavy (non-hydrogen) atoms.